The van der Waals surface area contributed by atoms with E-state index in [4.69, 9.17) is 4.74 Å². The molecule has 1 aliphatic heterocycles. The first-order chi connectivity index (χ1) is 9.28. The number of nitrogens with one attached hydrogen (secondary N) is 2. The van der Waals surface area contributed by atoms with Crippen molar-refractivity contribution in [3.05, 3.63) is 41.5 Å². The summed E-state index contributed by atoms with van der Waals surface area (Å²) in [5.41, 5.74) is 2.27. The van der Waals surface area contributed by atoms with Crippen LogP contribution < -0.4 is 15.4 Å². The second-order valence-corrected chi connectivity index (χ2v) is 4.62. The number of rotatable bonds is 5. The molecule has 0 bridgehead atoms. The van der Waals surface area contributed by atoms with Crippen LogP contribution in [0.2, 0.25) is 0 Å². The molecule has 1 heterocycles. The van der Waals surface area contributed by atoms with Crippen LogP contribution in [-0.2, 0) is 11.2 Å². The predicted octanol–water partition coefficient (Wildman–Crippen LogP) is 1.27. The molecule has 4 heteroatoms. The lowest BCUT2D eigenvalue weighted by atomic mass is 10.1. The van der Waals surface area contributed by atoms with Gasteiger partial charge in [-0.15, -0.1) is 0 Å². The number of hydrogen-bond acceptors (Lipinski definition) is 3. The molecular formula is C15H20N2O2. The van der Waals surface area contributed by atoms with E-state index in [2.05, 4.69) is 16.7 Å². The normalized spacial score (nSPS) is 14.7. The van der Waals surface area contributed by atoms with Gasteiger partial charge < -0.3 is 15.4 Å². The molecular weight excluding hydrogens is 240 g/mol. The lowest BCUT2D eigenvalue weighted by molar-refractivity contribution is -0.120. The van der Waals surface area contributed by atoms with Gasteiger partial charge in [0.25, 0.3) is 0 Å². The maximum Gasteiger partial charge on any atom is 0.224 e. The van der Waals surface area contributed by atoms with Crippen molar-refractivity contribution in [2.75, 3.05) is 26.7 Å². The fourth-order valence-electron chi connectivity index (χ4n) is 2.07. The van der Waals surface area contributed by atoms with E-state index in [1.54, 1.807) is 7.11 Å². The molecule has 0 fully saturated rings. The van der Waals surface area contributed by atoms with Crippen molar-refractivity contribution < 1.29 is 9.53 Å². The van der Waals surface area contributed by atoms with Gasteiger partial charge in [0.05, 0.1) is 13.5 Å². The van der Waals surface area contributed by atoms with Crippen LogP contribution in [0.25, 0.3) is 0 Å². The van der Waals surface area contributed by atoms with Gasteiger partial charge in [0, 0.05) is 13.1 Å². The standard InChI is InChI=1S/C15H20N2O2/c1-19-14-4-2-3-13(9-14)10-15(18)17-11-12-5-7-16-8-6-12/h2-5,9,16H,6-8,10-11H2,1H3,(H,17,18). The molecule has 1 aromatic rings. The molecule has 2 N–H and O–H groups in total. The van der Waals surface area contributed by atoms with Crippen LogP contribution in [0.15, 0.2) is 35.9 Å². The smallest absolute Gasteiger partial charge is 0.224 e. The van der Waals surface area contributed by atoms with E-state index in [0.717, 1.165) is 30.8 Å². The van der Waals surface area contributed by atoms with Crippen LogP contribution in [0.3, 0.4) is 0 Å². The molecule has 1 amide bonds. The summed E-state index contributed by atoms with van der Waals surface area (Å²) >= 11 is 0. The Hall–Kier alpha value is -1.81. The minimum absolute atomic E-state index is 0.0488. The summed E-state index contributed by atoms with van der Waals surface area (Å²) in [6.07, 6.45) is 3.55. The van der Waals surface area contributed by atoms with Gasteiger partial charge in [-0.1, -0.05) is 23.8 Å². The summed E-state index contributed by atoms with van der Waals surface area (Å²) in [4.78, 5) is 11.9. The van der Waals surface area contributed by atoms with Gasteiger partial charge in [-0.25, -0.2) is 0 Å². The molecule has 0 unspecified atom stereocenters. The van der Waals surface area contributed by atoms with Gasteiger partial charge in [-0.05, 0) is 30.7 Å². The Morgan fingerprint density at radius 3 is 3.11 bits per heavy atom. The van der Waals surface area contributed by atoms with Gasteiger partial charge >= 0.3 is 0 Å². The molecule has 1 aliphatic rings. The summed E-state index contributed by atoms with van der Waals surface area (Å²) in [6.45, 7) is 2.56. The zero-order valence-corrected chi connectivity index (χ0v) is 11.2. The largest absolute Gasteiger partial charge is 0.497 e. The first kappa shape index (κ1) is 13.6. The van der Waals surface area contributed by atoms with Crippen LogP contribution >= 0.6 is 0 Å². The molecule has 19 heavy (non-hydrogen) atoms. The van der Waals surface area contributed by atoms with Crippen LogP contribution in [0.1, 0.15) is 12.0 Å². The van der Waals surface area contributed by atoms with E-state index in [9.17, 15) is 4.79 Å². The maximum atomic E-state index is 11.9. The molecule has 0 aromatic heterocycles. The minimum atomic E-state index is 0.0488. The Morgan fingerprint density at radius 1 is 1.47 bits per heavy atom. The SMILES string of the molecule is COc1cccc(CC(=O)NCC2=CCNCC2)c1. The second-order valence-electron chi connectivity index (χ2n) is 4.62. The molecule has 1 aromatic carbocycles. The highest BCUT2D eigenvalue weighted by Crippen LogP contribution is 2.12. The van der Waals surface area contributed by atoms with Crippen molar-refractivity contribution in [2.45, 2.75) is 12.8 Å². The number of hydrogen-bond donors (Lipinski definition) is 2. The molecule has 0 atom stereocenters. The average molecular weight is 260 g/mol. The summed E-state index contributed by atoms with van der Waals surface area (Å²) in [7, 11) is 1.63. The first-order valence-corrected chi connectivity index (χ1v) is 6.56. The molecule has 0 saturated heterocycles. The first-order valence-electron chi connectivity index (χ1n) is 6.56. The van der Waals surface area contributed by atoms with Crippen molar-refractivity contribution in [1.29, 1.82) is 0 Å². The Kier molecular flexibility index (Phi) is 4.98. The van der Waals surface area contributed by atoms with Gasteiger partial charge in [-0.3, -0.25) is 4.79 Å². The number of benzene rings is 1. The van der Waals surface area contributed by atoms with Crippen molar-refractivity contribution in [1.82, 2.24) is 10.6 Å². The van der Waals surface area contributed by atoms with Gasteiger partial charge in [0.15, 0.2) is 0 Å². The second kappa shape index (κ2) is 6.95. The molecule has 0 radical (unpaired) electrons. The molecule has 0 aliphatic carbocycles. The van der Waals surface area contributed by atoms with E-state index < -0.39 is 0 Å². The van der Waals surface area contributed by atoms with Crippen molar-refractivity contribution in [3.63, 3.8) is 0 Å². The number of carbonyl (C=O) groups excluding carboxylic acids is 1. The van der Waals surface area contributed by atoms with Crippen molar-refractivity contribution in [2.24, 2.45) is 0 Å². The highest BCUT2D eigenvalue weighted by molar-refractivity contribution is 5.78. The topological polar surface area (TPSA) is 50.4 Å². The minimum Gasteiger partial charge on any atom is -0.497 e. The summed E-state index contributed by atoms with van der Waals surface area (Å²) in [5, 5.41) is 6.21. The van der Waals surface area contributed by atoms with Crippen molar-refractivity contribution >= 4 is 5.91 Å². The van der Waals surface area contributed by atoms with Crippen LogP contribution in [0, 0.1) is 0 Å². The fraction of sp³-hybridized carbons (Fsp3) is 0.400. The molecule has 0 saturated carbocycles. The molecule has 102 valence electrons. The number of methoxy groups -OCH3 is 1. The lowest BCUT2D eigenvalue weighted by Gasteiger charge is -2.14. The number of ether oxygens (including phenoxy) is 1. The Bertz CT molecular complexity index is 469. The summed E-state index contributed by atoms with van der Waals surface area (Å²) in [6, 6.07) is 7.60. The van der Waals surface area contributed by atoms with E-state index in [1.165, 1.54) is 5.57 Å². The van der Waals surface area contributed by atoms with Gasteiger partial charge in [-0.2, -0.15) is 0 Å². The number of carbonyl (C=O) groups is 1. The monoisotopic (exact) mass is 260 g/mol. The Morgan fingerprint density at radius 2 is 2.37 bits per heavy atom. The van der Waals surface area contributed by atoms with Gasteiger partial charge in [0.1, 0.15) is 5.75 Å². The Balaban J connectivity index is 1.81. The quantitative estimate of drug-likeness (QED) is 0.784. The molecule has 0 spiro atoms. The van der Waals surface area contributed by atoms with E-state index in [-0.39, 0.29) is 5.91 Å². The van der Waals surface area contributed by atoms with E-state index >= 15 is 0 Å². The molecule has 2 rings (SSSR count). The van der Waals surface area contributed by atoms with Gasteiger partial charge in [0.2, 0.25) is 5.91 Å². The highest BCUT2D eigenvalue weighted by atomic mass is 16.5. The maximum absolute atomic E-state index is 11.9. The summed E-state index contributed by atoms with van der Waals surface area (Å²) in [5.74, 6) is 0.832. The predicted molar refractivity (Wildman–Crippen MR) is 75.3 cm³/mol. The van der Waals surface area contributed by atoms with Crippen LogP contribution in [0.4, 0.5) is 0 Å². The number of amides is 1. The lowest BCUT2D eigenvalue weighted by Crippen LogP contribution is -2.30. The van der Waals surface area contributed by atoms with E-state index in [1.807, 2.05) is 24.3 Å². The van der Waals surface area contributed by atoms with Crippen molar-refractivity contribution in [3.8, 4) is 5.75 Å². The highest BCUT2D eigenvalue weighted by Gasteiger charge is 2.07. The van der Waals surface area contributed by atoms with Crippen LogP contribution in [0.5, 0.6) is 5.75 Å². The zero-order chi connectivity index (χ0) is 13.5. The Labute approximate surface area is 113 Å². The zero-order valence-electron chi connectivity index (χ0n) is 11.2. The third-order valence-electron chi connectivity index (χ3n) is 3.17. The van der Waals surface area contributed by atoms with Crippen LogP contribution in [-0.4, -0.2) is 32.7 Å². The average Bonchev–Trinajstić information content (AvgIpc) is 2.46. The third-order valence-corrected chi connectivity index (χ3v) is 3.17. The third kappa shape index (κ3) is 4.41. The molecule has 4 nitrogen and oxygen atoms in total. The summed E-state index contributed by atoms with van der Waals surface area (Å²) < 4.78 is 5.14. The van der Waals surface area contributed by atoms with E-state index in [0.29, 0.717) is 13.0 Å². The fourth-order valence-corrected chi connectivity index (χ4v) is 2.07.